The molecule has 2 rings (SSSR count). The van der Waals surface area contributed by atoms with Crippen LogP contribution in [-0.2, 0) is 6.42 Å². The predicted octanol–water partition coefficient (Wildman–Crippen LogP) is 5.50. The van der Waals surface area contributed by atoms with Gasteiger partial charge in [0.2, 0.25) is 0 Å². The van der Waals surface area contributed by atoms with Crippen molar-refractivity contribution in [3.8, 4) is 0 Å². The first-order valence-corrected chi connectivity index (χ1v) is 7.93. The van der Waals surface area contributed by atoms with Gasteiger partial charge in [0.05, 0.1) is 5.60 Å². The van der Waals surface area contributed by atoms with Crippen LogP contribution >= 0.6 is 23.2 Å². The van der Waals surface area contributed by atoms with E-state index in [-0.39, 0.29) is 10.8 Å². The van der Waals surface area contributed by atoms with Gasteiger partial charge >= 0.3 is 0 Å². The van der Waals surface area contributed by atoms with Gasteiger partial charge in [-0.3, -0.25) is 0 Å². The summed E-state index contributed by atoms with van der Waals surface area (Å²) >= 11 is 12.5. The summed E-state index contributed by atoms with van der Waals surface area (Å²) in [6.07, 6.45) is 3.22. The van der Waals surface area contributed by atoms with Crippen LogP contribution in [0.5, 0.6) is 0 Å². The van der Waals surface area contributed by atoms with Crippen LogP contribution in [0.25, 0.3) is 0 Å². The first-order chi connectivity index (χ1) is 9.02. The molecule has 0 aliphatic heterocycles. The Labute approximate surface area is 132 Å². The van der Waals surface area contributed by atoms with Gasteiger partial charge < -0.3 is 5.11 Å². The summed E-state index contributed by atoms with van der Waals surface area (Å²) in [5.74, 6) is 0. The zero-order valence-corrected chi connectivity index (χ0v) is 14.3. The Morgan fingerprint density at radius 3 is 1.85 bits per heavy atom. The molecule has 0 unspecified atom stereocenters. The second kappa shape index (κ2) is 5.19. The molecule has 0 saturated heterocycles. The first-order valence-electron chi connectivity index (χ1n) is 7.17. The van der Waals surface area contributed by atoms with Crippen molar-refractivity contribution in [3.05, 3.63) is 33.8 Å². The Hall–Kier alpha value is -0.240. The van der Waals surface area contributed by atoms with Gasteiger partial charge in [-0.05, 0) is 47.8 Å². The van der Waals surface area contributed by atoms with Crippen LogP contribution < -0.4 is 0 Å². The average molecular weight is 315 g/mol. The topological polar surface area (TPSA) is 20.2 Å². The van der Waals surface area contributed by atoms with Gasteiger partial charge in [0.15, 0.2) is 0 Å². The van der Waals surface area contributed by atoms with E-state index < -0.39 is 5.60 Å². The summed E-state index contributed by atoms with van der Waals surface area (Å²) in [5, 5.41) is 12.4. The van der Waals surface area contributed by atoms with E-state index >= 15 is 0 Å². The van der Waals surface area contributed by atoms with Gasteiger partial charge in [-0.15, -0.1) is 0 Å². The second-order valence-corrected chi connectivity index (χ2v) is 8.77. The zero-order valence-electron chi connectivity index (χ0n) is 12.8. The zero-order chi connectivity index (χ0) is 15.2. The molecule has 0 aromatic heterocycles. The lowest BCUT2D eigenvalue weighted by Crippen LogP contribution is -2.47. The molecule has 1 aliphatic carbocycles. The Balaban J connectivity index is 2.31. The van der Waals surface area contributed by atoms with Crippen LogP contribution in [-0.4, -0.2) is 10.7 Å². The Morgan fingerprint density at radius 1 is 0.950 bits per heavy atom. The lowest BCUT2D eigenvalue weighted by Gasteiger charge is -2.49. The van der Waals surface area contributed by atoms with Gasteiger partial charge in [-0.2, -0.15) is 0 Å². The van der Waals surface area contributed by atoms with Crippen molar-refractivity contribution in [2.24, 2.45) is 10.8 Å². The number of rotatable bonds is 2. The number of hydrogen-bond donors (Lipinski definition) is 1. The summed E-state index contributed by atoms with van der Waals surface area (Å²) in [6, 6.07) is 5.52. The minimum absolute atomic E-state index is 0.129. The molecule has 0 spiro atoms. The molecule has 112 valence electrons. The third kappa shape index (κ3) is 3.69. The first kappa shape index (κ1) is 16.1. The Bertz CT molecular complexity index is 469. The summed E-state index contributed by atoms with van der Waals surface area (Å²) < 4.78 is 0. The van der Waals surface area contributed by atoms with Crippen LogP contribution in [0.1, 0.15) is 52.5 Å². The van der Waals surface area contributed by atoms with Crippen LogP contribution in [0, 0.1) is 10.8 Å². The number of halogens is 2. The molecule has 1 aliphatic rings. The molecule has 3 heteroatoms. The molecule has 1 aromatic rings. The molecule has 0 amide bonds. The fourth-order valence-corrected chi connectivity index (χ4v) is 4.95. The van der Waals surface area contributed by atoms with Gasteiger partial charge in [0.25, 0.3) is 0 Å². The lowest BCUT2D eigenvalue weighted by molar-refractivity contribution is -0.0850. The minimum atomic E-state index is -0.736. The molecule has 0 heterocycles. The molecular weight excluding hydrogens is 291 g/mol. The lowest BCUT2D eigenvalue weighted by atomic mass is 9.58. The molecule has 1 nitrogen and oxygen atoms in total. The number of hydrogen-bond acceptors (Lipinski definition) is 1. The van der Waals surface area contributed by atoms with Gasteiger partial charge in [-0.25, -0.2) is 0 Å². The molecule has 0 bridgehead atoms. The van der Waals surface area contributed by atoms with E-state index in [1.54, 1.807) is 0 Å². The van der Waals surface area contributed by atoms with Crippen molar-refractivity contribution in [1.82, 2.24) is 0 Å². The van der Waals surface area contributed by atoms with Crippen molar-refractivity contribution >= 4 is 23.2 Å². The average Bonchev–Trinajstić information content (AvgIpc) is 2.18. The maximum atomic E-state index is 11.1. The van der Waals surface area contributed by atoms with E-state index in [1.165, 1.54) is 0 Å². The van der Waals surface area contributed by atoms with Crippen molar-refractivity contribution in [3.63, 3.8) is 0 Å². The third-order valence-electron chi connectivity index (χ3n) is 4.14. The maximum absolute atomic E-state index is 11.1. The van der Waals surface area contributed by atoms with E-state index in [4.69, 9.17) is 23.2 Å². The molecule has 0 radical (unpaired) electrons. The van der Waals surface area contributed by atoms with Gasteiger partial charge in [-0.1, -0.05) is 57.0 Å². The normalized spacial score (nSPS) is 23.6. The number of aliphatic hydroxyl groups is 1. The molecule has 20 heavy (non-hydrogen) atoms. The Morgan fingerprint density at radius 2 is 1.40 bits per heavy atom. The quantitative estimate of drug-likeness (QED) is 0.763. The maximum Gasteiger partial charge on any atom is 0.0699 e. The molecule has 1 saturated carbocycles. The molecule has 1 aromatic carbocycles. The summed E-state index contributed by atoms with van der Waals surface area (Å²) in [5.41, 5.74) is 0.390. The van der Waals surface area contributed by atoms with Crippen molar-refractivity contribution in [2.75, 3.05) is 0 Å². The SMILES string of the molecule is CC1(C)CC(C)(C)CC(O)(Cc2c(Cl)cccc2Cl)C1. The summed E-state index contributed by atoms with van der Waals surface area (Å²) in [4.78, 5) is 0. The molecule has 0 atom stereocenters. The van der Waals surface area contributed by atoms with Crippen molar-refractivity contribution in [1.29, 1.82) is 0 Å². The fraction of sp³-hybridized carbons (Fsp3) is 0.647. The highest BCUT2D eigenvalue weighted by Crippen LogP contribution is 2.51. The third-order valence-corrected chi connectivity index (χ3v) is 4.85. The second-order valence-electron chi connectivity index (χ2n) is 7.96. The smallest absolute Gasteiger partial charge is 0.0699 e. The van der Waals surface area contributed by atoms with Gasteiger partial charge in [0, 0.05) is 16.5 Å². The van der Waals surface area contributed by atoms with Crippen molar-refractivity contribution in [2.45, 2.75) is 59.0 Å². The van der Waals surface area contributed by atoms with Crippen LogP contribution in [0.4, 0.5) is 0 Å². The van der Waals surface area contributed by atoms with E-state index in [2.05, 4.69) is 27.7 Å². The predicted molar refractivity (Wildman–Crippen MR) is 86.5 cm³/mol. The highest BCUT2D eigenvalue weighted by Gasteiger charge is 2.46. The summed E-state index contributed by atoms with van der Waals surface area (Å²) in [7, 11) is 0. The monoisotopic (exact) mass is 314 g/mol. The number of benzene rings is 1. The van der Waals surface area contributed by atoms with Crippen molar-refractivity contribution < 1.29 is 5.11 Å². The standard InChI is InChI=1S/C17H24Cl2O/c1-15(2)9-16(3,4)11-17(20,10-15)8-12-13(18)6-5-7-14(12)19/h5-7,20H,8-11H2,1-4H3. The largest absolute Gasteiger partial charge is 0.390 e. The van der Waals surface area contributed by atoms with E-state index in [1.807, 2.05) is 18.2 Å². The van der Waals surface area contributed by atoms with Crippen LogP contribution in [0.3, 0.4) is 0 Å². The van der Waals surface area contributed by atoms with Crippen LogP contribution in [0.2, 0.25) is 10.0 Å². The molecule has 1 N–H and O–H groups in total. The van der Waals surface area contributed by atoms with Crippen LogP contribution in [0.15, 0.2) is 18.2 Å². The minimum Gasteiger partial charge on any atom is -0.390 e. The van der Waals surface area contributed by atoms with E-state index in [0.29, 0.717) is 16.5 Å². The van der Waals surface area contributed by atoms with Gasteiger partial charge in [0.1, 0.15) is 0 Å². The van der Waals surface area contributed by atoms with E-state index in [9.17, 15) is 5.11 Å². The molecular formula is C17H24Cl2O. The highest BCUT2D eigenvalue weighted by molar-refractivity contribution is 6.36. The highest BCUT2D eigenvalue weighted by atomic mass is 35.5. The van der Waals surface area contributed by atoms with E-state index in [0.717, 1.165) is 24.8 Å². The Kier molecular flexibility index (Phi) is 4.19. The fourth-order valence-electron chi connectivity index (χ4n) is 4.42. The molecule has 1 fully saturated rings. The summed E-state index contributed by atoms with van der Waals surface area (Å²) in [6.45, 7) is 8.92.